The van der Waals surface area contributed by atoms with Crippen molar-refractivity contribution in [3.8, 4) is 45.5 Å². The molecule has 6 heteroatoms. The molecule has 0 bridgehead atoms. The second-order valence-electron chi connectivity index (χ2n) is 16.8. The lowest BCUT2D eigenvalue weighted by molar-refractivity contribution is 0.666. The summed E-state index contributed by atoms with van der Waals surface area (Å²) in [5, 5.41) is 11.3. The Morgan fingerprint density at radius 2 is 0.985 bits per heavy atom. The molecule has 10 aromatic carbocycles. The van der Waals surface area contributed by atoms with Crippen molar-refractivity contribution in [2.75, 3.05) is 0 Å². The van der Waals surface area contributed by atoms with Crippen molar-refractivity contribution in [1.29, 1.82) is 0 Å². The Kier molecular flexibility index (Phi) is 7.59. The van der Waals surface area contributed by atoms with E-state index >= 15 is 0 Å². The predicted molar refractivity (Wildman–Crippen MR) is 267 cm³/mol. The van der Waals surface area contributed by atoms with Crippen LogP contribution in [-0.2, 0) is 0 Å². The van der Waals surface area contributed by atoms with Crippen LogP contribution in [0.5, 0.6) is 0 Å². The van der Waals surface area contributed by atoms with E-state index in [0.717, 1.165) is 82.7 Å². The van der Waals surface area contributed by atoms with Crippen LogP contribution >= 0.6 is 0 Å². The molecule has 0 aliphatic heterocycles. The van der Waals surface area contributed by atoms with Crippen LogP contribution in [0.2, 0.25) is 0 Å². The Morgan fingerprint density at radius 1 is 0.354 bits per heavy atom. The molecule has 0 saturated heterocycles. The maximum atomic E-state index is 7.07. The van der Waals surface area contributed by atoms with Crippen molar-refractivity contribution in [3.63, 3.8) is 0 Å². The lowest BCUT2D eigenvalue weighted by atomic mass is 10.0. The molecule has 4 heterocycles. The first-order chi connectivity index (χ1) is 32.2. The van der Waals surface area contributed by atoms with Crippen molar-refractivity contribution in [3.05, 3.63) is 212 Å². The second kappa shape index (κ2) is 13.8. The molecule has 14 aromatic rings. The highest BCUT2D eigenvalue weighted by Gasteiger charge is 2.25. The van der Waals surface area contributed by atoms with Gasteiger partial charge in [-0.05, 0) is 75.8 Å². The van der Waals surface area contributed by atoms with Crippen LogP contribution in [0, 0.1) is 0 Å². The third-order valence-corrected chi connectivity index (χ3v) is 13.1. The molecular weight excluding hydrogens is 795 g/mol. The molecule has 0 unspecified atom stereocenters. The molecule has 0 saturated carbocycles. The summed E-state index contributed by atoms with van der Waals surface area (Å²) in [4.78, 5) is 16.2. The quantitative estimate of drug-likeness (QED) is 0.173. The van der Waals surface area contributed by atoms with Crippen LogP contribution in [0.25, 0.3) is 133 Å². The van der Waals surface area contributed by atoms with Gasteiger partial charge in [-0.3, -0.25) is 4.57 Å². The molecule has 0 aliphatic carbocycles. The Bertz CT molecular complexity index is 4200. The fourth-order valence-electron chi connectivity index (χ4n) is 10.2. The number of rotatable bonds is 5. The summed E-state index contributed by atoms with van der Waals surface area (Å²) in [5.74, 6) is 1.67. The minimum Gasteiger partial charge on any atom is -0.454 e. The third kappa shape index (κ3) is 5.38. The van der Waals surface area contributed by atoms with Gasteiger partial charge in [0.1, 0.15) is 5.58 Å². The van der Waals surface area contributed by atoms with E-state index in [1.54, 1.807) is 0 Å². The zero-order valence-corrected chi connectivity index (χ0v) is 34.9. The average molecular weight is 830 g/mol. The molecule has 0 N–H and O–H groups in total. The van der Waals surface area contributed by atoms with Gasteiger partial charge in [0, 0.05) is 48.8 Å². The predicted octanol–water partition coefficient (Wildman–Crippen LogP) is 15.3. The molecule has 0 aliphatic rings. The summed E-state index contributed by atoms with van der Waals surface area (Å²) in [6, 6.07) is 74.9. The van der Waals surface area contributed by atoms with Crippen LogP contribution in [0.4, 0.5) is 0 Å². The van der Waals surface area contributed by atoms with Crippen LogP contribution in [0.3, 0.4) is 0 Å². The molecule has 4 aromatic heterocycles. The maximum absolute atomic E-state index is 7.07. The lowest BCUT2D eigenvalue weighted by Crippen LogP contribution is -2.07. The minimum absolute atomic E-state index is 0.540. The molecular formula is C59H35N5O. The van der Waals surface area contributed by atoms with Crippen molar-refractivity contribution in [1.82, 2.24) is 24.1 Å². The molecule has 0 fully saturated rings. The number of hydrogen-bond acceptors (Lipinski definition) is 4. The summed E-state index contributed by atoms with van der Waals surface area (Å²) >= 11 is 0. The number of aromatic nitrogens is 5. The van der Waals surface area contributed by atoms with E-state index in [-0.39, 0.29) is 0 Å². The number of para-hydroxylation sites is 3. The average Bonchev–Trinajstić information content (AvgIpc) is 4.04. The molecule has 0 spiro atoms. The molecule has 0 atom stereocenters. The Hall–Kier alpha value is -8.87. The van der Waals surface area contributed by atoms with Gasteiger partial charge in [0.15, 0.2) is 17.2 Å². The Labute approximate surface area is 371 Å². The summed E-state index contributed by atoms with van der Waals surface area (Å²) < 4.78 is 11.6. The fourth-order valence-corrected chi connectivity index (χ4v) is 10.2. The molecule has 0 amide bonds. The van der Waals surface area contributed by atoms with Gasteiger partial charge in [0.05, 0.1) is 27.8 Å². The number of fused-ring (bicyclic) bond motifs is 12. The first kappa shape index (κ1) is 35.7. The smallest absolute Gasteiger partial charge is 0.238 e. The van der Waals surface area contributed by atoms with Gasteiger partial charge in [0.2, 0.25) is 5.95 Å². The highest BCUT2D eigenvalue weighted by atomic mass is 16.3. The number of benzene rings is 10. The van der Waals surface area contributed by atoms with Crippen LogP contribution in [-0.4, -0.2) is 24.1 Å². The van der Waals surface area contributed by atoms with E-state index < -0.39 is 0 Å². The van der Waals surface area contributed by atoms with Crippen molar-refractivity contribution in [2.24, 2.45) is 0 Å². The zero-order valence-electron chi connectivity index (χ0n) is 34.9. The van der Waals surface area contributed by atoms with Gasteiger partial charge in [-0.15, -0.1) is 0 Å². The summed E-state index contributed by atoms with van der Waals surface area (Å²) in [6.07, 6.45) is 0. The van der Waals surface area contributed by atoms with Gasteiger partial charge in [-0.1, -0.05) is 164 Å². The third-order valence-electron chi connectivity index (χ3n) is 13.1. The van der Waals surface area contributed by atoms with Crippen LogP contribution < -0.4 is 0 Å². The summed E-state index contributed by atoms with van der Waals surface area (Å²) in [5.41, 5.74) is 10.7. The number of furan rings is 1. The summed E-state index contributed by atoms with van der Waals surface area (Å²) in [6.45, 7) is 0. The maximum Gasteiger partial charge on any atom is 0.238 e. The first-order valence-corrected chi connectivity index (χ1v) is 21.9. The highest BCUT2D eigenvalue weighted by molar-refractivity contribution is 6.22. The van der Waals surface area contributed by atoms with Gasteiger partial charge in [0.25, 0.3) is 0 Å². The van der Waals surface area contributed by atoms with E-state index in [0.29, 0.717) is 17.6 Å². The van der Waals surface area contributed by atoms with Crippen molar-refractivity contribution < 1.29 is 4.42 Å². The normalized spacial score (nSPS) is 12.0. The minimum atomic E-state index is 0.540. The van der Waals surface area contributed by atoms with E-state index in [1.807, 2.05) is 12.1 Å². The standard InChI is InChI=1S/C59H35N5O/c1-2-15-36(16-3-1)38-20-14-21-41(33-38)57-60-58(62-59(61-57)64-49-26-11-8-23-43(49)44-24-9-12-27-50(44)64)47-31-32-51(56-54(47)46-25-10-13-28-53(46)65-56)63-52-35-40-19-5-4-18-39(40)34-48(52)45-30-29-37-17-6-7-22-42(37)55(45)63/h1-35H. The number of nitrogens with zero attached hydrogens (tertiary/aromatic N) is 5. The lowest BCUT2D eigenvalue weighted by Gasteiger charge is -2.14. The number of hydrogen-bond donors (Lipinski definition) is 0. The van der Waals surface area contributed by atoms with E-state index in [9.17, 15) is 0 Å². The van der Waals surface area contributed by atoms with Crippen LogP contribution in [0.15, 0.2) is 217 Å². The highest BCUT2D eigenvalue weighted by Crippen LogP contribution is 2.44. The second-order valence-corrected chi connectivity index (χ2v) is 16.8. The van der Waals surface area contributed by atoms with E-state index in [4.69, 9.17) is 19.4 Å². The molecule has 14 rings (SSSR count). The Balaban J connectivity index is 1.08. The van der Waals surface area contributed by atoms with Crippen molar-refractivity contribution >= 4 is 87.1 Å². The van der Waals surface area contributed by atoms with Gasteiger partial charge in [-0.25, -0.2) is 4.98 Å². The van der Waals surface area contributed by atoms with Gasteiger partial charge >= 0.3 is 0 Å². The fraction of sp³-hybridized carbons (Fsp3) is 0. The largest absolute Gasteiger partial charge is 0.454 e. The van der Waals surface area contributed by atoms with Crippen LogP contribution in [0.1, 0.15) is 0 Å². The molecule has 65 heavy (non-hydrogen) atoms. The summed E-state index contributed by atoms with van der Waals surface area (Å²) in [7, 11) is 0. The topological polar surface area (TPSA) is 61.7 Å². The monoisotopic (exact) mass is 829 g/mol. The molecule has 6 nitrogen and oxygen atoms in total. The van der Waals surface area contributed by atoms with Gasteiger partial charge < -0.3 is 8.98 Å². The Morgan fingerprint density at radius 3 is 1.78 bits per heavy atom. The SMILES string of the molecule is c1ccc(-c2cccc(-c3nc(-c4ccc(-n5c6cc7ccccc7cc6c6ccc7ccccc7c65)c5oc6ccccc6c45)nc(-n4c5ccccc5c5ccccc54)n3)c2)cc1. The van der Waals surface area contributed by atoms with Gasteiger partial charge in [-0.2, -0.15) is 9.97 Å². The van der Waals surface area contributed by atoms with E-state index in [2.05, 4.69) is 209 Å². The van der Waals surface area contributed by atoms with Crippen molar-refractivity contribution in [2.45, 2.75) is 0 Å². The molecule has 0 radical (unpaired) electrons. The first-order valence-electron chi connectivity index (χ1n) is 21.9. The molecule has 302 valence electrons. The zero-order chi connectivity index (χ0) is 42.6. The van der Waals surface area contributed by atoms with E-state index in [1.165, 1.54) is 32.3 Å².